The van der Waals surface area contributed by atoms with Gasteiger partial charge in [0, 0.05) is 5.56 Å². The fraction of sp³-hybridized carbons (Fsp3) is 0.222. The second kappa shape index (κ2) is 10.6. The predicted molar refractivity (Wildman–Crippen MR) is 133 cm³/mol. The SMILES string of the molecule is CC(C)COC(=O)CN1C(=O)S/C(=C/c2c(OCc3ccccc3)ccc3ccccc23)C1=O. The number of benzene rings is 3. The molecular weight excluding hydrogens is 450 g/mol. The van der Waals surface area contributed by atoms with E-state index in [1.165, 1.54) is 0 Å². The van der Waals surface area contributed by atoms with Gasteiger partial charge in [-0.15, -0.1) is 0 Å². The smallest absolute Gasteiger partial charge is 0.326 e. The van der Waals surface area contributed by atoms with Crippen molar-refractivity contribution in [3.8, 4) is 5.75 Å². The fourth-order valence-electron chi connectivity index (χ4n) is 3.49. The maximum absolute atomic E-state index is 13.0. The van der Waals surface area contributed by atoms with Gasteiger partial charge in [-0.2, -0.15) is 0 Å². The van der Waals surface area contributed by atoms with Crippen LogP contribution in [0.1, 0.15) is 25.0 Å². The van der Waals surface area contributed by atoms with Crippen LogP contribution in [0.15, 0.2) is 71.6 Å². The second-order valence-electron chi connectivity index (χ2n) is 8.32. The zero-order chi connectivity index (χ0) is 24.1. The maximum Gasteiger partial charge on any atom is 0.326 e. The number of hydrogen-bond acceptors (Lipinski definition) is 6. The number of esters is 1. The van der Waals surface area contributed by atoms with Crippen molar-refractivity contribution >= 4 is 45.7 Å². The lowest BCUT2D eigenvalue weighted by atomic mass is 10.0. The average Bonchev–Trinajstić information content (AvgIpc) is 3.10. The summed E-state index contributed by atoms with van der Waals surface area (Å²) in [6.45, 7) is 4.03. The number of ether oxygens (including phenoxy) is 2. The molecule has 0 radical (unpaired) electrons. The summed E-state index contributed by atoms with van der Waals surface area (Å²) in [5, 5.41) is 1.39. The van der Waals surface area contributed by atoms with Crippen molar-refractivity contribution in [3.05, 3.63) is 82.8 Å². The first-order chi connectivity index (χ1) is 16.4. The highest BCUT2D eigenvalue weighted by Crippen LogP contribution is 2.37. The minimum Gasteiger partial charge on any atom is -0.488 e. The van der Waals surface area contributed by atoms with E-state index in [1.54, 1.807) is 6.08 Å². The Kier molecular flexibility index (Phi) is 7.33. The summed E-state index contributed by atoms with van der Waals surface area (Å²) in [6.07, 6.45) is 1.67. The first-order valence-corrected chi connectivity index (χ1v) is 11.8. The van der Waals surface area contributed by atoms with E-state index in [0.717, 1.165) is 33.0 Å². The van der Waals surface area contributed by atoms with Crippen molar-refractivity contribution in [2.24, 2.45) is 5.92 Å². The van der Waals surface area contributed by atoms with E-state index in [1.807, 2.05) is 80.6 Å². The number of rotatable bonds is 8. The van der Waals surface area contributed by atoms with Crippen LogP contribution in [-0.4, -0.2) is 35.2 Å². The van der Waals surface area contributed by atoms with Crippen LogP contribution in [0.4, 0.5) is 4.79 Å². The Balaban J connectivity index is 1.62. The molecule has 1 aliphatic rings. The number of carbonyl (C=O) groups is 3. The highest BCUT2D eigenvalue weighted by atomic mass is 32.2. The Hall–Kier alpha value is -3.58. The number of imide groups is 1. The van der Waals surface area contributed by atoms with Crippen LogP contribution >= 0.6 is 11.8 Å². The molecule has 0 unspecified atom stereocenters. The third-order valence-corrected chi connectivity index (χ3v) is 6.09. The first-order valence-electron chi connectivity index (χ1n) is 11.0. The second-order valence-corrected chi connectivity index (χ2v) is 9.31. The highest BCUT2D eigenvalue weighted by Gasteiger charge is 2.37. The zero-order valence-corrected chi connectivity index (χ0v) is 19.8. The van der Waals surface area contributed by atoms with Crippen LogP contribution in [0, 0.1) is 5.92 Å². The van der Waals surface area contributed by atoms with E-state index in [9.17, 15) is 14.4 Å². The summed E-state index contributed by atoms with van der Waals surface area (Å²) < 4.78 is 11.2. The van der Waals surface area contributed by atoms with Crippen molar-refractivity contribution in [3.63, 3.8) is 0 Å². The predicted octanol–water partition coefficient (Wildman–Crippen LogP) is 5.65. The molecule has 0 aromatic heterocycles. The van der Waals surface area contributed by atoms with Gasteiger partial charge in [0.25, 0.3) is 11.1 Å². The Morgan fingerprint density at radius 1 is 1.00 bits per heavy atom. The standard InChI is InChI=1S/C27H25NO5S/c1-18(2)16-33-25(29)15-28-26(30)24(34-27(28)31)14-22-21-11-7-6-10-20(21)12-13-23(22)32-17-19-8-4-3-5-9-19/h3-14,18H,15-17H2,1-2H3/b24-14+. The Labute approximate surface area is 202 Å². The number of hydrogen-bond donors (Lipinski definition) is 0. The van der Waals surface area contributed by atoms with Gasteiger partial charge in [-0.05, 0) is 46.2 Å². The van der Waals surface area contributed by atoms with Gasteiger partial charge in [0.2, 0.25) is 0 Å². The lowest BCUT2D eigenvalue weighted by Crippen LogP contribution is -2.34. The minimum absolute atomic E-state index is 0.166. The molecule has 34 heavy (non-hydrogen) atoms. The molecule has 2 amide bonds. The van der Waals surface area contributed by atoms with Crippen molar-refractivity contribution < 1.29 is 23.9 Å². The van der Waals surface area contributed by atoms with E-state index >= 15 is 0 Å². The molecule has 1 aliphatic heterocycles. The van der Waals surface area contributed by atoms with Gasteiger partial charge >= 0.3 is 5.97 Å². The van der Waals surface area contributed by atoms with Gasteiger partial charge in [0.1, 0.15) is 18.9 Å². The summed E-state index contributed by atoms with van der Waals surface area (Å²) in [5.74, 6) is -0.349. The Bertz CT molecular complexity index is 1250. The Morgan fingerprint density at radius 3 is 2.50 bits per heavy atom. The van der Waals surface area contributed by atoms with Crippen LogP contribution in [0.3, 0.4) is 0 Å². The van der Waals surface area contributed by atoms with E-state index in [-0.39, 0.29) is 17.4 Å². The van der Waals surface area contributed by atoms with Crippen molar-refractivity contribution in [1.29, 1.82) is 0 Å². The minimum atomic E-state index is -0.603. The van der Waals surface area contributed by atoms with Crippen LogP contribution in [-0.2, 0) is 20.9 Å². The number of fused-ring (bicyclic) bond motifs is 1. The molecule has 0 aliphatic carbocycles. The molecule has 0 saturated carbocycles. The lowest BCUT2D eigenvalue weighted by molar-refractivity contribution is -0.147. The monoisotopic (exact) mass is 475 g/mol. The molecule has 0 atom stereocenters. The van der Waals surface area contributed by atoms with Crippen LogP contribution in [0.5, 0.6) is 5.75 Å². The van der Waals surface area contributed by atoms with Gasteiger partial charge in [0.05, 0.1) is 11.5 Å². The van der Waals surface area contributed by atoms with E-state index in [4.69, 9.17) is 9.47 Å². The molecule has 0 bridgehead atoms. The van der Waals surface area contributed by atoms with Gasteiger partial charge in [0.15, 0.2) is 0 Å². The molecule has 0 spiro atoms. The van der Waals surface area contributed by atoms with E-state index in [0.29, 0.717) is 17.9 Å². The summed E-state index contributed by atoms with van der Waals surface area (Å²) in [4.78, 5) is 38.7. The normalized spacial score (nSPS) is 14.9. The Morgan fingerprint density at radius 2 is 1.74 bits per heavy atom. The number of thioether (sulfide) groups is 1. The molecule has 6 nitrogen and oxygen atoms in total. The highest BCUT2D eigenvalue weighted by molar-refractivity contribution is 8.18. The number of carbonyl (C=O) groups excluding carboxylic acids is 3. The molecule has 1 saturated heterocycles. The first kappa shape index (κ1) is 23.6. The molecule has 0 N–H and O–H groups in total. The molecule has 174 valence electrons. The molecule has 3 aromatic rings. The molecular formula is C27H25NO5S. The number of amides is 2. The zero-order valence-electron chi connectivity index (χ0n) is 19.0. The summed E-state index contributed by atoms with van der Waals surface area (Å²) in [7, 11) is 0. The summed E-state index contributed by atoms with van der Waals surface area (Å²) in [6, 6.07) is 21.4. The fourth-order valence-corrected chi connectivity index (χ4v) is 4.31. The van der Waals surface area contributed by atoms with Crippen molar-refractivity contribution in [2.75, 3.05) is 13.2 Å². The topological polar surface area (TPSA) is 72.9 Å². The van der Waals surface area contributed by atoms with Crippen LogP contribution in [0.25, 0.3) is 16.8 Å². The lowest BCUT2D eigenvalue weighted by Gasteiger charge is -2.13. The van der Waals surface area contributed by atoms with Crippen LogP contribution in [0.2, 0.25) is 0 Å². The molecule has 1 fully saturated rings. The van der Waals surface area contributed by atoms with Crippen molar-refractivity contribution in [2.45, 2.75) is 20.5 Å². The quantitative estimate of drug-likeness (QED) is 0.309. The molecule has 1 heterocycles. The maximum atomic E-state index is 13.0. The van der Waals surface area contributed by atoms with Gasteiger partial charge in [-0.25, -0.2) is 0 Å². The molecule has 3 aromatic carbocycles. The number of nitrogens with zero attached hydrogens (tertiary/aromatic N) is 1. The van der Waals surface area contributed by atoms with E-state index < -0.39 is 23.7 Å². The molecule has 4 rings (SSSR count). The average molecular weight is 476 g/mol. The third-order valence-electron chi connectivity index (χ3n) is 5.18. The largest absolute Gasteiger partial charge is 0.488 e. The third kappa shape index (κ3) is 5.48. The molecule has 7 heteroatoms. The summed E-state index contributed by atoms with van der Waals surface area (Å²) >= 11 is 0.810. The van der Waals surface area contributed by atoms with Gasteiger partial charge < -0.3 is 9.47 Å². The summed E-state index contributed by atoms with van der Waals surface area (Å²) in [5.41, 5.74) is 1.73. The van der Waals surface area contributed by atoms with E-state index in [2.05, 4.69) is 0 Å². The van der Waals surface area contributed by atoms with Gasteiger partial charge in [-0.1, -0.05) is 74.5 Å². The van der Waals surface area contributed by atoms with Gasteiger partial charge in [-0.3, -0.25) is 19.3 Å². The van der Waals surface area contributed by atoms with Crippen molar-refractivity contribution in [1.82, 2.24) is 4.90 Å². The van der Waals surface area contributed by atoms with Crippen LogP contribution < -0.4 is 4.74 Å².